The quantitative estimate of drug-likeness (QED) is 0.102. The van der Waals surface area contributed by atoms with E-state index in [1.165, 1.54) is 24.3 Å². The predicted octanol–water partition coefficient (Wildman–Crippen LogP) is 5.16. The van der Waals surface area contributed by atoms with E-state index in [4.69, 9.17) is 4.74 Å². The average Bonchev–Trinajstić information content (AvgIpc) is 3.23. The third-order valence-corrected chi connectivity index (χ3v) is 6.69. The molecule has 0 N–H and O–H groups in total. The number of carbonyl (C=O) groups excluding carboxylic acids is 1. The molecule has 1 aliphatic carbocycles. The number of carbonyl (C=O) groups is 1. The van der Waals surface area contributed by atoms with Crippen LogP contribution in [0.4, 0.5) is 19.0 Å². The summed E-state index contributed by atoms with van der Waals surface area (Å²) in [7, 11) is -3.98. The summed E-state index contributed by atoms with van der Waals surface area (Å²) < 4.78 is 67.6. The Balaban J connectivity index is 0.000000229. The van der Waals surface area contributed by atoms with Gasteiger partial charge in [-0.05, 0) is 75.0 Å². The molecule has 0 unspecified atom stereocenters. The second-order valence-corrected chi connectivity index (χ2v) is 10.2. The smallest absolute Gasteiger partial charge is 0.476 e. The van der Waals surface area contributed by atoms with Crippen LogP contribution in [0.2, 0.25) is 0 Å². The van der Waals surface area contributed by atoms with Gasteiger partial charge < -0.3 is 8.92 Å². The summed E-state index contributed by atoms with van der Waals surface area (Å²) in [5.41, 5.74) is -3.67. The lowest BCUT2D eigenvalue weighted by atomic mass is 10.1. The van der Waals surface area contributed by atoms with Crippen LogP contribution in [-0.2, 0) is 23.0 Å². The number of rotatable bonds is 8. The maximum absolute atomic E-state index is 12.2. The molecule has 0 radical (unpaired) electrons. The first kappa shape index (κ1) is 26.3. The number of nitroso groups, excluding NO2 is 1. The molecule has 3 rings (SSSR count). The fraction of sp³-hybridized carbons (Fsp3) is 0.333. The van der Waals surface area contributed by atoms with Crippen LogP contribution in [0.5, 0.6) is 11.6 Å². The van der Waals surface area contributed by atoms with Crippen LogP contribution in [0.25, 0.3) is 0 Å². The fourth-order valence-corrected chi connectivity index (χ4v) is 3.87. The number of alkyl halides is 3. The number of aryl methyl sites for hydroxylation is 1. The van der Waals surface area contributed by atoms with Crippen LogP contribution in [0.3, 0.4) is 0 Å². The van der Waals surface area contributed by atoms with Crippen LogP contribution < -0.4 is 8.92 Å². The molecule has 0 amide bonds. The van der Waals surface area contributed by atoms with Crippen molar-refractivity contribution in [2.24, 2.45) is 5.18 Å². The normalized spacial score (nSPS) is 12.9. The molecule has 0 bridgehead atoms. The van der Waals surface area contributed by atoms with Crippen molar-refractivity contribution in [1.82, 2.24) is 4.98 Å². The first-order valence-corrected chi connectivity index (χ1v) is 13.8. The Labute approximate surface area is 198 Å². The number of aromatic nitrogens is 1. The molecule has 1 aromatic carbocycles. The summed E-state index contributed by atoms with van der Waals surface area (Å²) in [6.07, 6.45) is 2.70. The molecular weight excluding hydrogens is 588 g/mol. The summed E-state index contributed by atoms with van der Waals surface area (Å²) >= 11 is 2.14. The number of aldehydes is 1. The van der Waals surface area contributed by atoms with Crippen molar-refractivity contribution in [2.45, 2.75) is 24.8 Å². The highest BCUT2D eigenvalue weighted by Gasteiger charge is 2.48. The number of hydrogen-bond acceptors (Lipinski definition) is 9. The maximum atomic E-state index is 12.2. The lowest BCUT2D eigenvalue weighted by molar-refractivity contribution is -0.0500. The van der Waals surface area contributed by atoms with Gasteiger partial charge in [0.2, 0.25) is 5.88 Å². The minimum Gasteiger partial charge on any atom is -0.476 e. The summed E-state index contributed by atoms with van der Waals surface area (Å²) in [5, 5.41) is 2.67. The number of fused-ring (bicyclic) bond motifs is 1. The minimum atomic E-state index is -5.57. The van der Waals surface area contributed by atoms with E-state index in [0.717, 1.165) is 24.2 Å². The lowest BCUT2D eigenvalue weighted by Gasteiger charge is -2.12. The van der Waals surface area contributed by atoms with E-state index in [1.54, 1.807) is 15.0 Å². The van der Waals surface area contributed by atoms with Gasteiger partial charge in [0.25, 0.3) is 0 Å². The van der Waals surface area contributed by atoms with Gasteiger partial charge in [-0.25, -0.2) is 0 Å². The van der Waals surface area contributed by atoms with Crippen molar-refractivity contribution in [3.63, 3.8) is 0 Å². The van der Waals surface area contributed by atoms with Gasteiger partial charge in [0, 0.05) is 5.75 Å². The lowest BCUT2D eigenvalue weighted by Crippen LogP contribution is -2.28. The van der Waals surface area contributed by atoms with Crippen LogP contribution in [-0.4, -0.2) is 37.6 Å². The molecular formula is C18H16F3IN2O6S2. The molecule has 1 aromatic heterocycles. The zero-order chi connectivity index (χ0) is 23.8. The highest BCUT2D eigenvalue weighted by molar-refractivity contribution is 14.2. The van der Waals surface area contributed by atoms with Crippen molar-refractivity contribution in [3.8, 4) is 11.6 Å². The highest BCUT2D eigenvalue weighted by atomic mass is 127. The third-order valence-electron chi connectivity index (χ3n) is 4.08. The van der Waals surface area contributed by atoms with Crippen LogP contribution in [0.15, 0.2) is 35.5 Å². The first-order chi connectivity index (χ1) is 15.1. The van der Waals surface area contributed by atoms with E-state index in [2.05, 4.69) is 35.5 Å². The molecule has 0 saturated heterocycles. The van der Waals surface area contributed by atoms with E-state index >= 15 is 0 Å². The van der Waals surface area contributed by atoms with Gasteiger partial charge in [-0.1, -0.05) is 21.1 Å². The van der Waals surface area contributed by atoms with Gasteiger partial charge in [0.15, 0.2) is 12.1 Å². The standard InChI is InChI=1S/C10H9F3O3S.C8H7IN2O3S/c11-10(12,13)17(14,15)16-9-6-2-4-7-3-1-5-8(7)9;9-15-4-3-14-8-6(5-12)1-2-7(10-8)11-13/h2,4,6H,1,3,5H2;1-2,5H,3-4H2. The largest absolute Gasteiger partial charge is 0.534 e. The van der Waals surface area contributed by atoms with Crippen LogP contribution in [0.1, 0.15) is 27.9 Å². The monoisotopic (exact) mass is 604 g/mol. The van der Waals surface area contributed by atoms with Crippen LogP contribution >= 0.6 is 30.1 Å². The van der Waals surface area contributed by atoms with Gasteiger partial charge in [-0.2, -0.15) is 26.6 Å². The van der Waals surface area contributed by atoms with Gasteiger partial charge in [-0.15, -0.1) is 4.91 Å². The Morgan fingerprint density at radius 2 is 1.97 bits per heavy atom. The van der Waals surface area contributed by atoms with Gasteiger partial charge in [0.05, 0.1) is 12.2 Å². The maximum Gasteiger partial charge on any atom is 0.534 e. The molecule has 1 heterocycles. The molecule has 2 aromatic rings. The highest BCUT2D eigenvalue weighted by Crippen LogP contribution is 2.34. The number of halogens is 4. The Bertz CT molecular complexity index is 1070. The molecule has 1 aliphatic rings. The molecule has 32 heavy (non-hydrogen) atoms. The Hall–Kier alpha value is -1.94. The number of hydrogen-bond donors (Lipinski definition) is 0. The topological polar surface area (TPSA) is 112 Å². The summed E-state index contributed by atoms with van der Waals surface area (Å²) in [6.45, 7) is 0.434. The molecule has 0 aliphatic heterocycles. The summed E-state index contributed by atoms with van der Waals surface area (Å²) in [6, 6.07) is 7.33. The number of ether oxygens (including phenoxy) is 1. The fourth-order valence-electron chi connectivity index (χ4n) is 2.70. The number of nitrogens with zero attached hydrogens (tertiary/aromatic N) is 2. The first-order valence-electron chi connectivity index (χ1n) is 8.90. The predicted molar refractivity (Wildman–Crippen MR) is 121 cm³/mol. The van der Waals surface area contributed by atoms with Crippen molar-refractivity contribution >= 4 is 52.4 Å². The van der Waals surface area contributed by atoms with E-state index in [9.17, 15) is 31.3 Å². The molecule has 14 heteroatoms. The van der Waals surface area contributed by atoms with Crippen molar-refractivity contribution in [2.75, 3.05) is 12.4 Å². The van der Waals surface area contributed by atoms with E-state index in [-0.39, 0.29) is 17.4 Å². The molecule has 0 spiro atoms. The number of pyridine rings is 1. The Kier molecular flexibility index (Phi) is 9.69. The molecule has 174 valence electrons. The van der Waals surface area contributed by atoms with Crippen LogP contribution in [0, 0.1) is 4.91 Å². The summed E-state index contributed by atoms with van der Waals surface area (Å²) in [5.74, 6) is 0.738. The molecule has 0 saturated carbocycles. The summed E-state index contributed by atoms with van der Waals surface area (Å²) in [4.78, 5) is 24.6. The SMILES string of the molecule is O=Cc1ccc(N=O)nc1OCCSI.O=S(=O)(Oc1cccc2c1CCC2)C(F)(F)F. The molecule has 8 nitrogen and oxygen atoms in total. The van der Waals surface area contributed by atoms with Crippen molar-refractivity contribution in [3.05, 3.63) is 51.9 Å². The Morgan fingerprint density at radius 1 is 1.22 bits per heavy atom. The minimum absolute atomic E-state index is 0.0118. The van der Waals surface area contributed by atoms with E-state index in [1.807, 2.05) is 0 Å². The second-order valence-electron chi connectivity index (χ2n) is 6.17. The zero-order valence-corrected chi connectivity index (χ0v) is 20.0. The van der Waals surface area contributed by atoms with E-state index in [0.29, 0.717) is 30.4 Å². The average molecular weight is 604 g/mol. The number of benzene rings is 1. The van der Waals surface area contributed by atoms with Crippen molar-refractivity contribution in [1.29, 1.82) is 0 Å². The second kappa shape index (κ2) is 11.8. The Morgan fingerprint density at radius 3 is 2.59 bits per heavy atom. The van der Waals surface area contributed by atoms with E-state index < -0.39 is 15.6 Å². The molecule has 0 atom stereocenters. The third kappa shape index (κ3) is 7.03. The van der Waals surface area contributed by atoms with Crippen molar-refractivity contribution < 1.29 is 35.3 Å². The van der Waals surface area contributed by atoms with Gasteiger partial charge in [-0.3, -0.25) is 4.79 Å². The molecule has 0 fully saturated rings. The van der Waals surface area contributed by atoms with Gasteiger partial charge >= 0.3 is 15.6 Å². The van der Waals surface area contributed by atoms with Gasteiger partial charge in [0.1, 0.15) is 5.75 Å². The zero-order valence-electron chi connectivity index (χ0n) is 16.2.